The van der Waals surface area contributed by atoms with Crippen LogP contribution < -0.4 is 0 Å². The van der Waals surface area contributed by atoms with Crippen molar-refractivity contribution >= 4 is 16.0 Å². The molecule has 1 rings (SSSR count). The van der Waals surface area contributed by atoms with Crippen LogP contribution in [0.15, 0.2) is 29.2 Å². The molecule has 1 N–H and O–H groups in total. The van der Waals surface area contributed by atoms with Crippen molar-refractivity contribution in [3.05, 3.63) is 29.8 Å². The van der Waals surface area contributed by atoms with Crippen LogP contribution in [0.2, 0.25) is 0 Å². The molecule has 0 aromatic heterocycles. The van der Waals surface area contributed by atoms with Crippen molar-refractivity contribution in [1.29, 1.82) is 0 Å². The average Bonchev–Trinajstić information content (AvgIpc) is 2.35. The first-order valence-corrected chi connectivity index (χ1v) is 7.56. The lowest BCUT2D eigenvalue weighted by molar-refractivity contribution is 0.0696. The lowest BCUT2D eigenvalue weighted by atomic mass is 10.2. The van der Waals surface area contributed by atoms with Crippen LogP contribution in [0.25, 0.3) is 0 Å². The lowest BCUT2D eigenvalue weighted by Crippen LogP contribution is -2.34. The largest absolute Gasteiger partial charge is 0.478 e. The molecule has 6 heteroatoms. The Labute approximate surface area is 113 Å². The van der Waals surface area contributed by atoms with E-state index < -0.39 is 16.0 Å². The standard InChI is InChI=1S/C13H19NO4S/c1-4-14(9-10(2)3)19(17,18)12-7-5-11(6-8-12)13(15)16/h5-8,10H,4,9H2,1-3H3,(H,15,16). The molecule has 0 aliphatic heterocycles. The topological polar surface area (TPSA) is 74.7 Å². The molecule has 0 amide bonds. The van der Waals surface area contributed by atoms with E-state index in [1.807, 2.05) is 13.8 Å². The molecule has 0 fully saturated rings. The van der Waals surface area contributed by atoms with Crippen molar-refractivity contribution in [3.63, 3.8) is 0 Å². The number of hydrogen-bond acceptors (Lipinski definition) is 3. The van der Waals surface area contributed by atoms with Gasteiger partial charge in [-0.1, -0.05) is 20.8 Å². The molecule has 0 spiro atoms. The Morgan fingerprint density at radius 1 is 1.26 bits per heavy atom. The first-order valence-electron chi connectivity index (χ1n) is 6.12. The van der Waals surface area contributed by atoms with Crippen LogP contribution in [0, 0.1) is 5.92 Å². The molecule has 0 radical (unpaired) electrons. The summed E-state index contributed by atoms with van der Waals surface area (Å²) in [5.41, 5.74) is 0.0749. The van der Waals surface area contributed by atoms with Crippen LogP contribution in [0.1, 0.15) is 31.1 Å². The Balaban J connectivity index is 3.08. The van der Waals surface area contributed by atoms with E-state index in [4.69, 9.17) is 5.11 Å². The molecule has 0 unspecified atom stereocenters. The second-order valence-corrected chi connectivity index (χ2v) is 6.62. The number of carboxylic acids is 1. The summed E-state index contributed by atoms with van der Waals surface area (Å²) in [5, 5.41) is 8.79. The molecule has 0 saturated heterocycles. The number of aromatic carboxylic acids is 1. The Morgan fingerprint density at radius 2 is 1.79 bits per heavy atom. The highest BCUT2D eigenvalue weighted by molar-refractivity contribution is 7.89. The van der Waals surface area contributed by atoms with Gasteiger partial charge in [-0.15, -0.1) is 0 Å². The molecule has 106 valence electrons. The number of hydrogen-bond donors (Lipinski definition) is 1. The molecule has 5 nitrogen and oxygen atoms in total. The van der Waals surface area contributed by atoms with Crippen molar-refractivity contribution < 1.29 is 18.3 Å². The molecule has 0 bridgehead atoms. The Hall–Kier alpha value is -1.40. The molecule has 1 aromatic rings. The van der Waals surface area contributed by atoms with E-state index in [0.717, 1.165) is 0 Å². The van der Waals surface area contributed by atoms with Crippen LogP contribution >= 0.6 is 0 Å². The molecule has 0 aliphatic rings. The summed E-state index contributed by atoms with van der Waals surface area (Å²) >= 11 is 0. The normalized spacial score (nSPS) is 12.1. The van der Waals surface area contributed by atoms with Gasteiger partial charge in [-0.05, 0) is 30.2 Å². The number of nitrogens with zero attached hydrogens (tertiary/aromatic N) is 1. The summed E-state index contributed by atoms with van der Waals surface area (Å²) in [5.74, 6) is -0.841. The molecule has 0 atom stereocenters. The van der Waals surface area contributed by atoms with Crippen molar-refractivity contribution in [2.45, 2.75) is 25.7 Å². The van der Waals surface area contributed by atoms with Gasteiger partial charge in [0.25, 0.3) is 0 Å². The predicted octanol–water partition coefficient (Wildman–Crippen LogP) is 2.05. The van der Waals surface area contributed by atoms with Crippen molar-refractivity contribution in [2.24, 2.45) is 5.92 Å². The number of carboxylic acid groups (broad SMARTS) is 1. The lowest BCUT2D eigenvalue weighted by Gasteiger charge is -2.22. The van der Waals surface area contributed by atoms with Gasteiger partial charge in [0.15, 0.2) is 0 Å². The van der Waals surface area contributed by atoms with Crippen LogP contribution in [0.5, 0.6) is 0 Å². The van der Waals surface area contributed by atoms with Gasteiger partial charge in [0, 0.05) is 13.1 Å². The van der Waals surface area contributed by atoms with Crippen LogP contribution in [0.4, 0.5) is 0 Å². The van der Waals surface area contributed by atoms with Crippen LogP contribution in [-0.4, -0.2) is 36.9 Å². The minimum Gasteiger partial charge on any atom is -0.478 e. The van der Waals surface area contributed by atoms with E-state index in [2.05, 4.69) is 0 Å². The number of benzene rings is 1. The summed E-state index contributed by atoms with van der Waals surface area (Å²) < 4.78 is 26.1. The van der Waals surface area contributed by atoms with Gasteiger partial charge < -0.3 is 5.11 Å². The second-order valence-electron chi connectivity index (χ2n) is 4.68. The second kappa shape index (κ2) is 6.16. The monoisotopic (exact) mass is 285 g/mol. The maximum atomic E-state index is 12.4. The van der Waals surface area contributed by atoms with Gasteiger partial charge in [0.1, 0.15) is 0 Å². The zero-order valence-electron chi connectivity index (χ0n) is 11.3. The van der Waals surface area contributed by atoms with E-state index in [0.29, 0.717) is 13.1 Å². The zero-order chi connectivity index (χ0) is 14.6. The maximum Gasteiger partial charge on any atom is 0.335 e. The van der Waals surface area contributed by atoms with E-state index in [9.17, 15) is 13.2 Å². The van der Waals surface area contributed by atoms with Gasteiger partial charge in [0.05, 0.1) is 10.5 Å². The Kier molecular flexibility index (Phi) is 5.08. The minimum absolute atomic E-state index is 0.0749. The highest BCUT2D eigenvalue weighted by Gasteiger charge is 2.23. The van der Waals surface area contributed by atoms with Gasteiger partial charge in [-0.2, -0.15) is 4.31 Å². The van der Waals surface area contributed by atoms with Crippen molar-refractivity contribution in [1.82, 2.24) is 4.31 Å². The molecular weight excluding hydrogens is 266 g/mol. The quantitative estimate of drug-likeness (QED) is 0.868. The molecule has 19 heavy (non-hydrogen) atoms. The highest BCUT2D eigenvalue weighted by atomic mass is 32.2. The maximum absolute atomic E-state index is 12.4. The molecule has 1 aromatic carbocycles. The van der Waals surface area contributed by atoms with Gasteiger partial charge in [0.2, 0.25) is 10.0 Å². The predicted molar refractivity (Wildman–Crippen MR) is 72.7 cm³/mol. The molecule has 0 saturated carbocycles. The van der Waals surface area contributed by atoms with Gasteiger partial charge in [-0.25, -0.2) is 13.2 Å². The fraction of sp³-hybridized carbons (Fsp3) is 0.462. The average molecular weight is 285 g/mol. The van der Waals surface area contributed by atoms with Gasteiger partial charge in [-0.3, -0.25) is 0 Å². The van der Waals surface area contributed by atoms with E-state index in [1.54, 1.807) is 6.92 Å². The fourth-order valence-corrected chi connectivity index (χ4v) is 3.34. The summed E-state index contributed by atoms with van der Waals surface area (Å²) in [6.07, 6.45) is 0. The summed E-state index contributed by atoms with van der Waals surface area (Å²) in [7, 11) is -3.55. The van der Waals surface area contributed by atoms with Crippen molar-refractivity contribution in [2.75, 3.05) is 13.1 Å². The number of sulfonamides is 1. The third-order valence-electron chi connectivity index (χ3n) is 2.66. The van der Waals surface area contributed by atoms with Crippen molar-refractivity contribution in [3.8, 4) is 0 Å². The number of carbonyl (C=O) groups is 1. The van der Waals surface area contributed by atoms with Crippen LogP contribution in [0.3, 0.4) is 0 Å². The molecule has 0 aliphatic carbocycles. The Bertz CT molecular complexity index is 534. The third kappa shape index (κ3) is 3.78. The van der Waals surface area contributed by atoms with Crippen LogP contribution in [-0.2, 0) is 10.0 Å². The summed E-state index contributed by atoms with van der Waals surface area (Å²) in [4.78, 5) is 10.9. The third-order valence-corrected chi connectivity index (χ3v) is 4.62. The minimum atomic E-state index is -3.55. The summed E-state index contributed by atoms with van der Waals surface area (Å²) in [6.45, 7) is 6.52. The molecule has 0 heterocycles. The van der Waals surface area contributed by atoms with E-state index in [1.165, 1.54) is 28.6 Å². The van der Waals surface area contributed by atoms with E-state index in [-0.39, 0.29) is 16.4 Å². The fourth-order valence-electron chi connectivity index (χ4n) is 1.72. The number of rotatable bonds is 6. The molecular formula is C13H19NO4S. The zero-order valence-corrected chi connectivity index (χ0v) is 12.1. The Morgan fingerprint density at radius 3 is 2.16 bits per heavy atom. The first-order chi connectivity index (χ1) is 8.78. The summed E-state index contributed by atoms with van der Waals surface area (Å²) in [6, 6.07) is 5.28. The first kappa shape index (κ1) is 15.7. The van der Waals surface area contributed by atoms with E-state index >= 15 is 0 Å². The SMILES string of the molecule is CCN(CC(C)C)S(=O)(=O)c1ccc(C(=O)O)cc1. The smallest absolute Gasteiger partial charge is 0.335 e. The highest BCUT2D eigenvalue weighted by Crippen LogP contribution is 2.17. The van der Waals surface area contributed by atoms with Gasteiger partial charge >= 0.3 is 5.97 Å².